The van der Waals surface area contributed by atoms with Crippen molar-refractivity contribution >= 4 is 11.6 Å². The predicted octanol–water partition coefficient (Wildman–Crippen LogP) is 3.05. The van der Waals surface area contributed by atoms with Gasteiger partial charge in [0.05, 0.1) is 19.3 Å². The first-order chi connectivity index (χ1) is 11.1. The smallest absolute Gasteiger partial charge is 0.350 e. The summed E-state index contributed by atoms with van der Waals surface area (Å²) in [5.41, 5.74) is 1.49. The van der Waals surface area contributed by atoms with Crippen molar-refractivity contribution < 1.29 is 4.74 Å². The Hall–Kier alpha value is -2.53. The molecular weight excluding hydrogens is 314 g/mol. The molecule has 23 heavy (non-hydrogen) atoms. The van der Waals surface area contributed by atoms with Crippen LogP contribution < -0.4 is 10.4 Å². The largest absolute Gasteiger partial charge is 0.497 e. The minimum absolute atomic E-state index is 0.194. The van der Waals surface area contributed by atoms with Gasteiger partial charge in [-0.2, -0.15) is 5.10 Å². The van der Waals surface area contributed by atoms with Crippen LogP contribution in [0.1, 0.15) is 11.4 Å². The molecule has 0 N–H and O–H groups in total. The van der Waals surface area contributed by atoms with Gasteiger partial charge in [0, 0.05) is 5.02 Å². The minimum Gasteiger partial charge on any atom is -0.497 e. The number of rotatable bonds is 4. The summed E-state index contributed by atoms with van der Waals surface area (Å²) in [6.45, 7) is 2.20. The lowest BCUT2D eigenvalue weighted by Crippen LogP contribution is -2.24. The van der Waals surface area contributed by atoms with Gasteiger partial charge >= 0.3 is 5.69 Å². The summed E-state index contributed by atoms with van der Waals surface area (Å²) in [4.78, 5) is 12.6. The maximum Gasteiger partial charge on any atom is 0.350 e. The molecule has 0 saturated carbocycles. The van der Waals surface area contributed by atoms with E-state index < -0.39 is 0 Å². The van der Waals surface area contributed by atoms with E-state index in [9.17, 15) is 4.79 Å². The van der Waals surface area contributed by atoms with E-state index in [1.807, 2.05) is 36.4 Å². The molecule has 0 spiro atoms. The molecule has 0 aliphatic rings. The monoisotopic (exact) mass is 329 g/mol. The van der Waals surface area contributed by atoms with E-state index in [4.69, 9.17) is 16.3 Å². The summed E-state index contributed by atoms with van der Waals surface area (Å²) in [6, 6.07) is 14.7. The number of nitrogens with zero attached hydrogens (tertiary/aromatic N) is 3. The molecule has 2 aromatic carbocycles. The third-order valence-corrected chi connectivity index (χ3v) is 3.79. The fraction of sp³-hybridized carbons (Fsp3) is 0.176. The summed E-state index contributed by atoms with van der Waals surface area (Å²) >= 11 is 6.01. The lowest BCUT2D eigenvalue weighted by Gasteiger charge is -2.03. The van der Waals surface area contributed by atoms with Crippen LogP contribution in [0.3, 0.4) is 0 Å². The van der Waals surface area contributed by atoms with Gasteiger partial charge in [-0.05, 0) is 42.8 Å². The molecule has 3 aromatic rings. The lowest BCUT2D eigenvalue weighted by atomic mass is 10.2. The van der Waals surface area contributed by atoms with Gasteiger partial charge in [0.1, 0.15) is 11.6 Å². The number of aromatic nitrogens is 3. The summed E-state index contributed by atoms with van der Waals surface area (Å²) in [5.74, 6) is 1.40. The van der Waals surface area contributed by atoms with Gasteiger partial charge in [-0.15, -0.1) is 0 Å². The number of hydrogen-bond donors (Lipinski definition) is 0. The van der Waals surface area contributed by atoms with Gasteiger partial charge in [0.25, 0.3) is 0 Å². The van der Waals surface area contributed by atoms with E-state index >= 15 is 0 Å². The first kappa shape index (κ1) is 15.4. The number of aryl methyl sites for hydroxylation is 1. The Morgan fingerprint density at radius 1 is 1.17 bits per heavy atom. The fourth-order valence-corrected chi connectivity index (χ4v) is 2.62. The van der Waals surface area contributed by atoms with Gasteiger partial charge in [0.2, 0.25) is 0 Å². The molecule has 5 nitrogen and oxygen atoms in total. The molecule has 1 heterocycles. The number of ether oxygens (including phenoxy) is 1. The zero-order valence-electron chi connectivity index (χ0n) is 12.9. The predicted molar refractivity (Wildman–Crippen MR) is 89.7 cm³/mol. The number of hydrogen-bond acceptors (Lipinski definition) is 3. The Labute approximate surface area is 138 Å². The van der Waals surface area contributed by atoms with Crippen LogP contribution in [0.2, 0.25) is 5.02 Å². The van der Waals surface area contributed by atoms with Crippen molar-refractivity contribution in [3.05, 3.63) is 75.4 Å². The van der Waals surface area contributed by atoms with Gasteiger partial charge in [0.15, 0.2) is 0 Å². The van der Waals surface area contributed by atoms with Crippen LogP contribution in [-0.2, 0) is 6.54 Å². The van der Waals surface area contributed by atoms with Crippen LogP contribution in [0.5, 0.6) is 5.75 Å². The standard InChI is InChI=1S/C17H16ClN3O2/c1-12-19-20(11-13-6-8-16(23-2)9-7-13)17(22)21(12)15-5-3-4-14(18)10-15/h3-10H,11H2,1-2H3. The van der Waals surface area contributed by atoms with Crippen molar-refractivity contribution in [3.63, 3.8) is 0 Å². The fourth-order valence-electron chi connectivity index (χ4n) is 2.44. The second-order valence-corrected chi connectivity index (χ2v) is 5.59. The zero-order chi connectivity index (χ0) is 16.4. The molecule has 0 radical (unpaired) electrons. The SMILES string of the molecule is COc1ccc(Cn2nc(C)n(-c3cccc(Cl)c3)c2=O)cc1. The van der Waals surface area contributed by atoms with Crippen LogP contribution >= 0.6 is 11.6 Å². The topological polar surface area (TPSA) is 49.0 Å². The van der Waals surface area contributed by atoms with E-state index in [1.54, 1.807) is 30.7 Å². The second-order valence-electron chi connectivity index (χ2n) is 5.15. The third kappa shape index (κ3) is 3.14. The number of halogens is 1. The van der Waals surface area contributed by atoms with E-state index in [0.29, 0.717) is 23.1 Å². The molecule has 0 fully saturated rings. The molecule has 1 aromatic heterocycles. The average molecular weight is 330 g/mol. The van der Waals surface area contributed by atoms with E-state index in [2.05, 4.69) is 5.10 Å². The van der Waals surface area contributed by atoms with Gasteiger partial charge < -0.3 is 4.74 Å². The van der Waals surface area contributed by atoms with E-state index in [-0.39, 0.29) is 5.69 Å². The van der Waals surface area contributed by atoms with E-state index in [1.165, 1.54) is 4.68 Å². The van der Waals surface area contributed by atoms with Crippen LogP contribution in [0.4, 0.5) is 0 Å². The van der Waals surface area contributed by atoms with Gasteiger partial charge in [-0.25, -0.2) is 14.0 Å². The maximum absolute atomic E-state index is 12.6. The van der Waals surface area contributed by atoms with Crippen molar-refractivity contribution in [2.75, 3.05) is 7.11 Å². The molecule has 0 unspecified atom stereocenters. The van der Waals surface area contributed by atoms with Crippen molar-refractivity contribution in [2.24, 2.45) is 0 Å². The van der Waals surface area contributed by atoms with Crippen molar-refractivity contribution in [3.8, 4) is 11.4 Å². The first-order valence-electron chi connectivity index (χ1n) is 7.14. The normalized spacial score (nSPS) is 10.7. The number of benzene rings is 2. The van der Waals surface area contributed by atoms with Crippen molar-refractivity contribution in [2.45, 2.75) is 13.5 Å². The van der Waals surface area contributed by atoms with Gasteiger partial charge in [-0.1, -0.05) is 29.8 Å². The highest BCUT2D eigenvalue weighted by molar-refractivity contribution is 6.30. The molecule has 118 valence electrons. The molecule has 3 rings (SSSR count). The first-order valence-corrected chi connectivity index (χ1v) is 7.51. The molecular formula is C17H16ClN3O2. The molecule has 0 bridgehead atoms. The van der Waals surface area contributed by atoms with Gasteiger partial charge in [-0.3, -0.25) is 0 Å². The second kappa shape index (κ2) is 6.30. The highest BCUT2D eigenvalue weighted by Gasteiger charge is 2.12. The summed E-state index contributed by atoms with van der Waals surface area (Å²) in [5, 5.41) is 4.93. The molecule has 0 atom stereocenters. The Morgan fingerprint density at radius 2 is 1.91 bits per heavy atom. The van der Waals surface area contributed by atoms with Crippen LogP contribution in [-0.4, -0.2) is 21.5 Å². The minimum atomic E-state index is -0.194. The Balaban J connectivity index is 1.95. The molecule has 0 saturated heterocycles. The molecule has 0 amide bonds. The quantitative estimate of drug-likeness (QED) is 0.739. The zero-order valence-corrected chi connectivity index (χ0v) is 13.6. The highest BCUT2D eigenvalue weighted by Crippen LogP contribution is 2.15. The van der Waals surface area contributed by atoms with Crippen LogP contribution in [0.15, 0.2) is 53.3 Å². The summed E-state index contributed by atoms with van der Waals surface area (Å²) < 4.78 is 8.13. The Kier molecular flexibility index (Phi) is 4.21. The third-order valence-electron chi connectivity index (χ3n) is 3.56. The summed E-state index contributed by atoms with van der Waals surface area (Å²) in [6.07, 6.45) is 0. The van der Waals surface area contributed by atoms with E-state index in [0.717, 1.165) is 11.3 Å². The average Bonchev–Trinajstić information content (AvgIpc) is 2.82. The molecule has 0 aliphatic carbocycles. The lowest BCUT2D eigenvalue weighted by molar-refractivity contribution is 0.414. The Bertz CT molecular complexity index is 882. The van der Waals surface area contributed by atoms with Crippen LogP contribution in [0.25, 0.3) is 5.69 Å². The summed E-state index contributed by atoms with van der Waals surface area (Å²) in [7, 11) is 1.62. The maximum atomic E-state index is 12.6. The Morgan fingerprint density at radius 3 is 2.57 bits per heavy atom. The van der Waals surface area contributed by atoms with Crippen molar-refractivity contribution in [1.82, 2.24) is 14.3 Å². The molecule has 0 aliphatic heterocycles. The number of methoxy groups -OCH3 is 1. The molecule has 6 heteroatoms. The van der Waals surface area contributed by atoms with Crippen molar-refractivity contribution in [1.29, 1.82) is 0 Å². The highest BCUT2D eigenvalue weighted by atomic mass is 35.5. The van der Waals surface area contributed by atoms with Crippen LogP contribution in [0, 0.1) is 6.92 Å².